The van der Waals surface area contributed by atoms with Gasteiger partial charge in [0.05, 0.1) is 12.0 Å². The molecule has 0 aromatic heterocycles. The molecule has 128 valence electrons. The third-order valence-electron chi connectivity index (χ3n) is 3.30. The number of hydrogen-bond acceptors (Lipinski definition) is 5. The summed E-state index contributed by atoms with van der Waals surface area (Å²) >= 11 is 0. The summed E-state index contributed by atoms with van der Waals surface area (Å²) in [6.07, 6.45) is 0. The molecule has 0 saturated carbocycles. The lowest BCUT2D eigenvalue weighted by atomic mass is 10.0. The van der Waals surface area contributed by atoms with Gasteiger partial charge in [-0.3, -0.25) is 4.79 Å². The van der Waals surface area contributed by atoms with Gasteiger partial charge < -0.3 is 10.1 Å². The summed E-state index contributed by atoms with van der Waals surface area (Å²) in [6, 6.07) is 4.75. The highest BCUT2D eigenvalue weighted by Gasteiger charge is 2.25. The second kappa shape index (κ2) is 7.56. The van der Waals surface area contributed by atoms with Gasteiger partial charge in [0.25, 0.3) is 5.91 Å². The van der Waals surface area contributed by atoms with Gasteiger partial charge in [0, 0.05) is 19.7 Å². The number of benzene rings is 1. The molecular formula is C15H22N2O5S. The molecule has 0 unspecified atom stereocenters. The Balaban J connectivity index is 2.96. The molecule has 0 heterocycles. The minimum absolute atomic E-state index is 0.0902. The van der Waals surface area contributed by atoms with Gasteiger partial charge in [-0.05, 0) is 30.2 Å². The van der Waals surface area contributed by atoms with Crippen LogP contribution in [0.15, 0.2) is 29.2 Å². The molecule has 1 aromatic carbocycles. The number of methoxy groups -OCH3 is 1. The first-order valence-electron chi connectivity index (χ1n) is 7.02. The number of sulfonamides is 1. The number of nitrogens with zero attached hydrogens (tertiary/aromatic N) is 1. The molecule has 1 aromatic rings. The number of carbonyl (C=O) groups is 2. The second-order valence-electron chi connectivity index (χ2n) is 5.53. The first-order valence-corrected chi connectivity index (χ1v) is 8.46. The van der Waals surface area contributed by atoms with Crippen molar-refractivity contribution in [1.29, 1.82) is 0 Å². The van der Waals surface area contributed by atoms with E-state index in [1.54, 1.807) is 13.8 Å². The lowest BCUT2D eigenvalue weighted by Gasteiger charge is -2.20. The number of esters is 1. The Labute approximate surface area is 136 Å². The van der Waals surface area contributed by atoms with Crippen molar-refractivity contribution in [3.05, 3.63) is 29.8 Å². The molecule has 0 fully saturated rings. The average molecular weight is 342 g/mol. The van der Waals surface area contributed by atoms with E-state index in [9.17, 15) is 18.0 Å². The quantitative estimate of drug-likeness (QED) is 0.774. The molecule has 0 saturated heterocycles. The molecule has 0 aliphatic rings. The van der Waals surface area contributed by atoms with Crippen molar-refractivity contribution in [3.8, 4) is 0 Å². The molecular weight excluding hydrogens is 320 g/mol. The molecule has 0 aliphatic carbocycles. The Morgan fingerprint density at radius 2 is 1.65 bits per heavy atom. The van der Waals surface area contributed by atoms with Gasteiger partial charge in [-0.2, -0.15) is 0 Å². The summed E-state index contributed by atoms with van der Waals surface area (Å²) in [5.41, 5.74) is 0.261. The number of hydrogen-bond donors (Lipinski definition) is 1. The summed E-state index contributed by atoms with van der Waals surface area (Å²) in [6.45, 7) is 3.57. The van der Waals surface area contributed by atoms with Crippen LogP contribution in [0.1, 0.15) is 24.2 Å². The van der Waals surface area contributed by atoms with Gasteiger partial charge in [-0.1, -0.05) is 13.8 Å². The van der Waals surface area contributed by atoms with Gasteiger partial charge in [-0.15, -0.1) is 0 Å². The molecule has 7 nitrogen and oxygen atoms in total. The van der Waals surface area contributed by atoms with E-state index in [4.69, 9.17) is 0 Å². The normalized spacial score (nSPS) is 13.0. The van der Waals surface area contributed by atoms with Gasteiger partial charge in [0.2, 0.25) is 10.0 Å². The van der Waals surface area contributed by atoms with Crippen molar-refractivity contribution in [3.63, 3.8) is 0 Å². The van der Waals surface area contributed by atoms with Gasteiger partial charge in [0.15, 0.2) is 0 Å². The number of ether oxygens (including phenoxy) is 1. The molecule has 0 aliphatic heterocycles. The minimum Gasteiger partial charge on any atom is -0.467 e. The summed E-state index contributed by atoms with van der Waals surface area (Å²) in [4.78, 5) is 23.9. The first-order chi connectivity index (χ1) is 10.6. The van der Waals surface area contributed by atoms with E-state index in [0.717, 1.165) is 4.31 Å². The van der Waals surface area contributed by atoms with Gasteiger partial charge in [-0.25, -0.2) is 17.5 Å². The van der Waals surface area contributed by atoms with Crippen LogP contribution in [0.3, 0.4) is 0 Å². The third-order valence-corrected chi connectivity index (χ3v) is 5.13. The monoisotopic (exact) mass is 342 g/mol. The van der Waals surface area contributed by atoms with Crippen LogP contribution in [-0.2, 0) is 19.6 Å². The van der Waals surface area contributed by atoms with E-state index < -0.39 is 27.9 Å². The number of carbonyl (C=O) groups excluding carboxylic acids is 2. The third kappa shape index (κ3) is 4.52. The maximum Gasteiger partial charge on any atom is 0.328 e. The topological polar surface area (TPSA) is 92.8 Å². The van der Waals surface area contributed by atoms with E-state index in [0.29, 0.717) is 0 Å². The maximum absolute atomic E-state index is 12.2. The highest BCUT2D eigenvalue weighted by Crippen LogP contribution is 2.14. The number of nitrogens with one attached hydrogen (secondary N) is 1. The summed E-state index contributed by atoms with van der Waals surface area (Å²) in [5.74, 6) is -1.14. The second-order valence-corrected chi connectivity index (χ2v) is 7.68. The summed E-state index contributed by atoms with van der Waals surface area (Å²) < 4.78 is 29.7. The largest absolute Gasteiger partial charge is 0.467 e. The van der Waals surface area contributed by atoms with E-state index >= 15 is 0 Å². The molecule has 0 spiro atoms. The number of rotatable bonds is 6. The Morgan fingerprint density at radius 1 is 1.13 bits per heavy atom. The van der Waals surface area contributed by atoms with E-state index in [1.807, 2.05) is 0 Å². The molecule has 1 amide bonds. The molecule has 8 heteroatoms. The fourth-order valence-electron chi connectivity index (χ4n) is 1.84. The first kappa shape index (κ1) is 19.1. The fraction of sp³-hybridized carbons (Fsp3) is 0.467. The van der Waals surface area contributed by atoms with Crippen molar-refractivity contribution < 1.29 is 22.7 Å². The zero-order chi connectivity index (χ0) is 17.8. The van der Waals surface area contributed by atoms with Crippen LogP contribution in [0, 0.1) is 5.92 Å². The average Bonchev–Trinajstić information content (AvgIpc) is 2.51. The lowest BCUT2D eigenvalue weighted by Crippen LogP contribution is -2.45. The predicted octanol–water partition coefficient (Wildman–Crippen LogP) is 0.864. The fourth-order valence-corrected chi connectivity index (χ4v) is 2.74. The van der Waals surface area contributed by atoms with Crippen LogP contribution in [-0.4, -0.2) is 51.8 Å². The Hall–Kier alpha value is -1.93. The minimum atomic E-state index is -3.55. The van der Waals surface area contributed by atoms with Crippen LogP contribution in [0.25, 0.3) is 0 Å². The molecule has 1 atom stereocenters. The predicted molar refractivity (Wildman–Crippen MR) is 85.4 cm³/mol. The van der Waals surface area contributed by atoms with E-state index in [2.05, 4.69) is 10.1 Å². The number of amides is 1. The van der Waals surface area contributed by atoms with Crippen LogP contribution >= 0.6 is 0 Å². The Bertz CT molecular complexity index is 666. The Morgan fingerprint density at radius 3 is 2.04 bits per heavy atom. The molecule has 0 bridgehead atoms. The van der Waals surface area contributed by atoms with Crippen LogP contribution < -0.4 is 5.32 Å². The van der Waals surface area contributed by atoms with Gasteiger partial charge in [0.1, 0.15) is 6.04 Å². The summed E-state index contributed by atoms with van der Waals surface area (Å²) in [7, 11) is 0.569. The maximum atomic E-state index is 12.2. The van der Waals surface area contributed by atoms with Crippen molar-refractivity contribution in [2.45, 2.75) is 24.8 Å². The molecule has 1 rings (SSSR count). The van der Waals surface area contributed by atoms with Crippen molar-refractivity contribution >= 4 is 21.9 Å². The summed E-state index contributed by atoms with van der Waals surface area (Å²) in [5, 5.41) is 2.59. The molecule has 0 radical (unpaired) electrons. The standard InChI is InChI=1S/C15H22N2O5S/c1-10(2)13(15(19)22-5)16-14(18)11-6-8-12(9-7-11)23(20,21)17(3)4/h6-10,13H,1-5H3,(H,16,18)/t13-/m0/s1. The van der Waals surface area contributed by atoms with Crippen LogP contribution in [0.2, 0.25) is 0 Å². The Kier molecular flexibility index (Phi) is 6.28. The highest BCUT2D eigenvalue weighted by molar-refractivity contribution is 7.89. The van der Waals surface area contributed by atoms with Crippen LogP contribution in [0.4, 0.5) is 0 Å². The zero-order valence-electron chi connectivity index (χ0n) is 13.9. The van der Waals surface area contributed by atoms with Crippen molar-refractivity contribution in [2.24, 2.45) is 5.92 Å². The van der Waals surface area contributed by atoms with Gasteiger partial charge >= 0.3 is 5.97 Å². The lowest BCUT2D eigenvalue weighted by molar-refractivity contribution is -0.144. The SMILES string of the molecule is COC(=O)[C@@H](NC(=O)c1ccc(S(=O)(=O)N(C)C)cc1)C(C)C. The van der Waals surface area contributed by atoms with Crippen molar-refractivity contribution in [2.75, 3.05) is 21.2 Å². The highest BCUT2D eigenvalue weighted by atomic mass is 32.2. The zero-order valence-corrected chi connectivity index (χ0v) is 14.7. The van der Waals surface area contributed by atoms with E-state index in [1.165, 1.54) is 45.5 Å². The molecule has 1 N–H and O–H groups in total. The van der Waals surface area contributed by atoms with E-state index in [-0.39, 0.29) is 16.4 Å². The molecule has 23 heavy (non-hydrogen) atoms. The van der Waals surface area contributed by atoms with Crippen LogP contribution in [0.5, 0.6) is 0 Å². The smallest absolute Gasteiger partial charge is 0.328 e. The van der Waals surface area contributed by atoms with Crippen molar-refractivity contribution in [1.82, 2.24) is 9.62 Å².